The first-order valence-corrected chi connectivity index (χ1v) is 11.7. The minimum atomic E-state index is -0.657. The van der Waals surface area contributed by atoms with Crippen LogP contribution in [0.15, 0.2) is 60.1 Å². The van der Waals surface area contributed by atoms with E-state index >= 15 is 0 Å². The summed E-state index contributed by atoms with van der Waals surface area (Å²) in [5, 5.41) is 7.90. The Morgan fingerprint density at radius 1 is 1.16 bits per heavy atom. The second-order valence-electron chi connectivity index (χ2n) is 8.22. The fraction of sp³-hybridized carbons (Fsp3) is 0.320. The van der Waals surface area contributed by atoms with E-state index in [0.717, 1.165) is 24.0 Å². The molecule has 4 rings (SSSR count). The van der Waals surface area contributed by atoms with Crippen LogP contribution in [0.1, 0.15) is 28.8 Å². The van der Waals surface area contributed by atoms with Crippen LogP contribution in [-0.2, 0) is 11.2 Å². The highest BCUT2D eigenvalue weighted by Gasteiger charge is 2.43. The zero-order valence-corrected chi connectivity index (χ0v) is 19.2. The zero-order valence-electron chi connectivity index (χ0n) is 18.4. The quantitative estimate of drug-likeness (QED) is 0.596. The zero-order chi connectivity index (χ0) is 22.6. The van der Waals surface area contributed by atoms with E-state index in [1.54, 1.807) is 43.8 Å². The number of aromatic nitrogens is 1. The molecule has 2 aromatic heterocycles. The lowest BCUT2D eigenvalue weighted by Gasteiger charge is -2.41. The van der Waals surface area contributed by atoms with Crippen molar-refractivity contribution in [3.63, 3.8) is 0 Å². The summed E-state index contributed by atoms with van der Waals surface area (Å²) in [6, 6.07) is 16.0. The molecule has 1 aliphatic heterocycles. The van der Waals surface area contributed by atoms with Crippen LogP contribution in [0, 0.1) is 5.41 Å². The third-order valence-electron chi connectivity index (χ3n) is 6.11. The Bertz CT molecular complexity index is 1100. The Balaban J connectivity index is 1.61. The largest absolute Gasteiger partial charge is 0.373 e. The van der Waals surface area contributed by atoms with E-state index in [0.29, 0.717) is 30.9 Å². The van der Waals surface area contributed by atoms with E-state index in [4.69, 9.17) is 0 Å². The molecular weight excluding hydrogens is 420 g/mol. The lowest BCUT2D eigenvalue weighted by atomic mass is 9.74. The Labute approximate surface area is 192 Å². The lowest BCUT2D eigenvalue weighted by molar-refractivity contribution is -0.133. The number of anilines is 1. The molecule has 0 radical (unpaired) electrons. The number of piperidine rings is 1. The average molecular weight is 449 g/mol. The molecule has 2 amide bonds. The Hall–Kier alpha value is -3.19. The predicted octanol–water partition coefficient (Wildman–Crippen LogP) is 4.06. The monoisotopic (exact) mass is 448 g/mol. The number of rotatable bonds is 6. The van der Waals surface area contributed by atoms with Gasteiger partial charge in [-0.25, -0.2) is 4.98 Å². The Morgan fingerprint density at radius 2 is 2.03 bits per heavy atom. The maximum absolute atomic E-state index is 13.3. The highest BCUT2D eigenvalue weighted by Crippen LogP contribution is 2.36. The highest BCUT2D eigenvalue weighted by atomic mass is 32.1. The summed E-state index contributed by atoms with van der Waals surface area (Å²) in [4.78, 5) is 33.6. The summed E-state index contributed by atoms with van der Waals surface area (Å²) in [6.45, 7) is 1.04. The number of pyridine rings is 1. The molecular formula is C25H28N4O2S. The van der Waals surface area contributed by atoms with Crippen molar-refractivity contribution in [1.82, 2.24) is 15.2 Å². The van der Waals surface area contributed by atoms with E-state index in [-0.39, 0.29) is 11.8 Å². The number of carbonyl (C=O) groups excluding carboxylic acids is 2. The predicted molar refractivity (Wildman–Crippen MR) is 129 cm³/mol. The van der Waals surface area contributed by atoms with Gasteiger partial charge < -0.3 is 15.5 Å². The van der Waals surface area contributed by atoms with Gasteiger partial charge in [0.2, 0.25) is 5.91 Å². The SMILES string of the molecule is CNC(=O)C1(Cc2cccc(-c3cccs3)c2)CCCN(C(=O)c2ccnc(NC)c2)C1. The summed E-state index contributed by atoms with van der Waals surface area (Å²) >= 11 is 1.70. The van der Waals surface area contributed by atoms with Crippen LogP contribution in [0.4, 0.5) is 5.82 Å². The summed E-state index contributed by atoms with van der Waals surface area (Å²) in [5.74, 6) is 0.571. The molecule has 32 heavy (non-hydrogen) atoms. The standard InChI is InChI=1S/C25H28N4O2S/c1-26-22-15-20(9-11-28-22)23(30)29-12-5-10-25(17-29,24(31)27-2)16-18-6-3-7-19(14-18)21-8-4-13-32-21/h3-4,6-9,11,13-15H,5,10,12,16-17H2,1-2H3,(H,26,28)(H,27,31). The summed E-state index contributed by atoms with van der Waals surface area (Å²) in [6.07, 6.45) is 3.75. The van der Waals surface area contributed by atoms with Crippen molar-refractivity contribution in [2.45, 2.75) is 19.3 Å². The number of nitrogens with one attached hydrogen (secondary N) is 2. The van der Waals surface area contributed by atoms with Gasteiger partial charge in [-0.15, -0.1) is 11.3 Å². The van der Waals surface area contributed by atoms with Gasteiger partial charge in [0.25, 0.3) is 5.91 Å². The van der Waals surface area contributed by atoms with E-state index in [9.17, 15) is 9.59 Å². The van der Waals surface area contributed by atoms with Crippen molar-refractivity contribution >= 4 is 29.0 Å². The van der Waals surface area contributed by atoms with Gasteiger partial charge in [0.1, 0.15) is 5.82 Å². The van der Waals surface area contributed by atoms with Gasteiger partial charge in [0.15, 0.2) is 0 Å². The summed E-state index contributed by atoms with van der Waals surface area (Å²) in [7, 11) is 3.45. The van der Waals surface area contributed by atoms with Gasteiger partial charge in [0.05, 0.1) is 5.41 Å². The van der Waals surface area contributed by atoms with Crippen LogP contribution in [0.25, 0.3) is 10.4 Å². The van der Waals surface area contributed by atoms with Crippen molar-refractivity contribution in [2.75, 3.05) is 32.5 Å². The normalized spacial score (nSPS) is 18.2. The molecule has 0 aliphatic carbocycles. The fourth-order valence-electron chi connectivity index (χ4n) is 4.53. The number of amides is 2. The van der Waals surface area contributed by atoms with Crippen molar-refractivity contribution in [2.24, 2.45) is 5.41 Å². The van der Waals surface area contributed by atoms with Crippen molar-refractivity contribution in [1.29, 1.82) is 0 Å². The van der Waals surface area contributed by atoms with Crippen LogP contribution >= 0.6 is 11.3 Å². The third kappa shape index (κ3) is 4.53. The smallest absolute Gasteiger partial charge is 0.254 e. The Morgan fingerprint density at radius 3 is 2.78 bits per heavy atom. The number of carbonyl (C=O) groups is 2. The molecule has 0 bridgehead atoms. The second-order valence-corrected chi connectivity index (χ2v) is 9.17. The third-order valence-corrected chi connectivity index (χ3v) is 7.03. The number of thiophene rings is 1. The van der Waals surface area contributed by atoms with Gasteiger partial charge >= 0.3 is 0 Å². The number of hydrogen-bond acceptors (Lipinski definition) is 5. The molecule has 166 valence electrons. The van der Waals surface area contributed by atoms with Crippen LogP contribution < -0.4 is 10.6 Å². The van der Waals surface area contributed by atoms with Gasteiger partial charge in [-0.1, -0.05) is 30.3 Å². The number of benzene rings is 1. The van der Waals surface area contributed by atoms with Crippen LogP contribution in [0.5, 0.6) is 0 Å². The molecule has 1 atom stereocenters. The first kappa shape index (κ1) is 22.0. The van der Waals surface area contributed by atoms with Gasteiger partial charge in [-0.2, -0.15) is 0 Å². The van der Waals surface area contributed by atoms with Gasteiger partial charge in [0, 0.05) is 43.8 Å². The first-order valence-electron chi connectivity index (χ1n) is 10.8. The molecule has 0 spiro atoms. The Kier molecular flexibility index (Phi) is 6.55. The highest BCUT2D eigenvalue weighted by molar-refractivity contribution is 7.13. The molecule has 1 aromatic carbocycles. The molecule has 0 saturated carbocycles. The van der Waals surface area contributed by atoms with Crippen LogP contribution in [0.2, 0.25) is 0 Å². The van der Waals surface area contributed by atoms with Gasteiger partial charge in [-0.3, -0.25) is 9.59 Å². The second kappa shape index (κ2) is 9.53. The minimum absolute atomic E-state index is 0.0119. The lowest BCUT2D eigenvalue weighted by Crippen LogP contribution is -2.54. The molecule has 6 nitrogen and oxygen atoms in total. The average Bonchev–Trinajstić information content (AvgIpc) is 3.38. The molecule has 1 saturated heterocycles. The van der Waals surface area contributed by atoms with Crippen LogP contribution in [-0.4, -0.2) is 48.9 Å². The summed E-state index contributed by atoms with van der Waals surface area (Å²) in [5.41, 5.74) is 2.19. The molecule has 1 aliphatic rings. The minimum Gasteiger partial charge on any atom is -0.373 e. The van der Waals surface area contributed by atoms with E-state index in [2.05, 4.69) is 45.3 Å². The van der Waals surface area contributed by atoms with Crippen molar-refractivity contribution in [3.05, 3.63) is 71.2 Å². The number of hydrogen-bond donors (Lipinski definition) is 2. The molecule has 1 unspecified atom stereocenters. The number of likely N-dealkylation sites (tertiary alicyclic amines) is 1. The van der Waals surface area contributed by atoms with E-state index < -0.39 is 5.41 Å². The molecule has 2 N–H and O–H groups in total. The van der Waals surface area contributed by atoms with E-state index in [1.807, 2.05) is 17.0 Å². The van der Waals surface area contributed by atoms with Gasteiger partial charge in [-0.05, 0) is 54.0 Å². The number of nitrogens with zero attached hydrogens (tertiary/aromatic N) is 2. The summed E-state index contributed by atoms with van der Waals surface area (Å²) < 4.78 is 0. The maximum atomic E-state index is 13.3. The van der Waals surface area contributed by atoms with Crippen molar-refractivity contribution < 1.29 is 9.59 Å². The molecule has 3 heterocycles. The van der Waals surface area contributed by atoms with Crippen LogP contribution in [0.3, 0.4) is 0 Å². The molecule has 3 aromatic rings. The topological polar surface area (TPSA) is 74.3 Å². The molecule has 7 heteroatoms. The maximum Gasteiger partial charge on any atom is 0.254 e. The fourth-order valence-corrected chi connectivity index (χ4v) is 5.26. The molecule has 1 fully saturated rings. The van der Waals surface area contributed by atoms with E-state index in [1.165, 1.54) is 4.88 Å². The first-order chi connectivity index (χ1) is 15.5. The van der Waals surface area contributed by atoms with Crippen molar-refractivity contribution in [3.8, 4) is 10.4 Å².